The number of thiophene rings is 1. The smallest absolute Gasteiger partial charge is 0.256 e. The van der Waals surface area contributed by atoms with Crippen LogP contribution in [0.1, 0.15) is 59.7 Å². The van der Waals surface area contributed by atoms with Gasteiger partial charge in [-0.3, -0.25) is 4.79 Å². The molecule has 0 unspecified atom stereocenters. The lowest BCUT2D eigenvalue weighted by Gasteiger charge is -2.34. The number of nitrogens with one attached hydrogen (secondary N) is 2. The molecule has 0 radical (unpaired) electrons. The van der Waals surface area contributed by atoms with Crippen molar-refractivity contribution in [3.05, 3.63) is 45.8 Å². The Morgan fingerprint density at radius 1 is 1.15 bits per heavy atom. The number of carbonyl (C=O) groups is 1. The van der Waals surface area contributed by atoms with Gasteiger partial charge in [0.1, 0.15) is 16.9 Å². The highest BCUT2D eigenvalue weighted by Gasteiger charge is 2.36. The van der Waals surface area contributed by atoms with Crippen molar-refractivity contribution in [3.8, 4) is 5.75 Å². The normalized spacial score (nSPS) is 22.1. The van der Waals surface area contributed by atoms with Crippen LogP contribution in [-0.2, 0) is 12.8 Å². The van der Waals surface area contributed by atoms with Crippen LogP contribution in [0.2, 0.25) is 0 Å². The van der Waals surface area contributed by atoms with E-state index in [1.54, 1.807) is 18.4 Å². The Balaban J connectivity index is 1.62. The van der Waals surface area contributed by atoms with Crippen LogP contribution in [0.3, 0.4) is 0 Å². The van der Waals surface area contributed by atoms with Gasteiger partial charge in [-0.05, 0) is 53.9 Å². The van der Waals surface area contributed by atoms with Gasteiger partial charge in [0.25, 0.3) is 5.91 Å². The van der Waals surface area contributed by atoms with E-state index in [9.17, 15) is 4.79 Å². The molecule has 1 amide bonds. The first-order chi connectivity index (χ1) is 12.4. The largest absolute Gasteiger partial charge is 0.497 e. The molecule has 2 N–H and O–H groups in total. The van der Waals surface area contributed by atoms with Crippen molar-refractivity contribution in [3.63, 3.8) is 0 Å². The van der Waals surface area contributed by atoms with Crippen LogP contribution < -0.4 is 15.4 Å². The number of ether oxygens (including phenoxy) is 1. The van der Waals surface area contributed by atoms with Gasteiger partial charge in [0.2, 0.25) is 0 Å². The summed E-state index contributed by atoms with van der Waals surface area (Å²) in [5.41, 5.74) is 3.48. The monoisotopic (exact) mass is 370 g/mol. The molecule has 2 atom stereocenters. The predicted octanol–water partition coefficient (Wildman–Crippen LogP) is 4.76. The molecular formula is C21H26N2O2S. The molecular weight excluding hydrogens is 344 g/mol. The molecule has 1 aromatic carbocycles. The van der Waals surface area contributed by atoms with Gasteiger partial charge in [0.15, 0.2) is 0 Å². The van der Waals surface area contributed by atoms with E-state index >= 15 is 0 Å². The molecule has 1 aliphatic heterocycles. The van der Waals surface area contributed by atoms with Crippen LogP contribution in [-0.4, -0.2) is 13.0 Å². The van der Waals surface area contributed by atoms with E-state index < -0.39 is 0 Å². The first-order valence-electron chi connectivity index (χ1n) is 9.22. The molecule has 2 aliphatic rings. The molecule has 2 heterocycles. The van der Waals surface area contributed by atoms with E-state index in [4.69, 9.17) is 4.74 Å². The molecule has 4 rings (SSSR count). The van der Waals surface area contributed by atoms with Crippen molar-refractivity contribution in [2.75, 3.05) is 12.4 Å². The van der Waals surface area contributed by atoms with E-state index in [1.165, 1.54) is 10.4 Å². The van der Waals surface area contributed by atoms with Crippen LogP contribution in [0.25, 0.3) is 0 Å². The topological polar surface area (TPSA) is 50.4 Å². The lowest BCUT2D eigenvalue weighted by atomic mass is 9.72. The van der Waals surface area contributed by atoms with Gasteiger partial charge in [-0.1, -0.05) is 32.9 Å². The number of amides is 1. The lowest BCUT2D eigenvalue weighted by molar-refractivity contribution is 0.0935. The Morgan fingerprint density at radius 2 is 1.88 bits per heavy atom. The van der Waals surface area contributed by atoms with E-state index in [2.05, 4.69) is 31.4 Å². The number of hydrogen-bond donors (Lipinski definition) is 2. The van der Waals surface area contributed by atoms with Crippen molar-refractivity contribution in [1.29, 1.82) is 0 Å². The van der Waals surface area contributed by atoms with Gasteiger partial charge in [0.05, 0.1) is 12.7 Å². The van der Waals surface area contributed by atoms with Gasteiger partial charge in [-0.2, -0.15) is 0 Å². The summed E-state index contributed by atoms with van der Waals surface area (Å²) in [5.74, 6) is 1.54. The molecule has 0 saturated heterocycles. The summed E-state index contributed by atoms with van der Waals surface area (Å²) in [7, 11) is 1.66. The van der Waals surface area contributed by atoms with Crippen molar-refractivity contribution in [1.82, 2.24) is 5.32 Å². The third kappa shape index (κ3) is 2.98. The molecule has 1 aromatic heterocycles. The van der Waals surface area contributed by atoms with E-state index in [0.29, 0.717) is 11.3 Å². The molecule has 0 fully saturated rings. The van der Waals surface area contributed by atoms with Crippen LogP contribution >= 0.6 is 11.3 Å². The van der Waals surface area contributed by atoms with Gasteiger partial charge in [-0.25, -0.2) is 0 Å². The van der Waals surface area contributed by atoms with Crippen LogP contribution in [0.5, 0.6) is 5.75 Å². The molecule has 0 bridgehead atoms. The fourth-order valence-electron chi connectivity index (χ4n) is 4.00. The minimum atomic E-state index is -0.195. The van der Waals surface area contributed by atoms with Gasteiger partial charge >= 0.3 is 0 Å². The lowest BCUT2D eigenvalue weighted by Crippen LogP contribution is -2.38. The van der Waals surface area contributed by atoms with Crippen molar-refractivity contribution >= 4 is 22.2 Å². The zero-order chi connectivity index (χ0) is 18.5. The number of hydrogen-bond acceptors (Lipinski definition) is 4. The van der Waals surface area contributed by atoms with Crippen LogP contribution in [0, 0.1) is 11.3 Å². The summed E-state index contributed by atoms with van der Waals surface area (Å²) in [4.78, 5) is 14.2. The summed E-state index contributed by atoms with van der Waals surface area (Å²) in [6.45, 7) is 6.96. The fraction of sp³-hybridized carbons (Fsp3) is 0.476. The SMILES string of the molecule is COc1ccc([C@H]2NC(=O)c3c(sc4c3CC[C@H](C(C)(C)C)C4)N2)cc1. The third-order valence-corrected chi connectivity index (χ3v) is 6.90. The second-order valence-electron chi connectivity index (χ2n) is 8.34. The second-order valence-corrected chi connectivity index (χ2v) is 9.44. The minimum Gasteiger partial charge on any atom is -0.497 e. The van der Waals surface area contributed by atoms with E-state index in [1.807, 2.05) is 24.3 Å². The summed E-state index contributed by atoms with van der Waals surface area (Å²) in [5, 5.41) is 7.68. The highest BCUT2D eigenvalue weighted by Crippen LogP contribution is 2.46. The number of fused-ring (bicyclic) bond motifs is 3. The predicted molar refractivity (Wildman–Crippen MR) is 106 cm³/mol. The maximum Gasteiger partial charge on any atom is 0.256 e. The van der Waals surface area contributed by atoms with Crippen LogP contribution in [0.4, 0.5) is 5.00 Å². The highest BCUT2D eigenvalue weighted by atomic mass is 32.1. The second kappa shape index (κ2) is 6.31. The Morgan fingerprint density at radius 3 is 2.54 bits per heavy atom. The zero-order valence-electron chi connectivity index (χ0n) is 15.8. The molecule has 1 aliphatic carbocycles. The average Bonchev–Trinajstić information content (AvgIpc) is 2.99. The summed E-state index contributed by atoms with van der Waals surface area (Å²) in [6, 6.07) is 7.83. The quantitative estimate of drug-likeness (QED) is 0.801. The maximum atomic E-state index is 12.8. The van der Waals surface area contributed by atoms with E-state index in [-0.39, 0.29) is 12.1 Å². The third-order valence-electron chi connectivity index (χ3n) is 5.72. The standard InChI is InChI=1S/C21H26N2O2S/c1-21(2,3)13-7-10-15-16(11-13)26-20-17(15)19(24)22-18(23-20)12-5-8-14(25-4)9-6-12/h5-6,8-9,13,18,23H,7,10-11H2,1-4H3,(H,22,24)/t13-,18-/m0/s1. The Hall–Kier alpha value is -2.01. The summed E-state index contributed by atoms with van der Waals surface area (Å²) < 4.78 is 5.22. The fourth-order valence-corrected chi connectivity index (χ4v) is 5.35. The highest BCUT2D eigenvalue weighted by molar-refractivity contribution is 7.16. The molecule has 2 aromatic rings. The number of anilines is 1. The zero-order valence-corrected chi connectivity index (χ0v) is 16.6. The van der Waals surface area contributed by atoms with E-state index in [0.717, 1.165) is 41.1 Å². The van der Waals surface area contributed by atoms with Gasteiger partial charge in [-0.15, -0.1) is 11.3 Å². The van der Waals surface area contributed by atoms with Crippen molar-refractivity contribution < 1.29 is 9.53 Å². The Bertz CT molecular complexity index is 833. The maximum absolute atomic E-state index is 12.8. The Labute approximate surface area is 159 Å². The van der Waals surface area contributed by atoms with Crippen molar-refractivity contribution in [2.45, 2.75) is 46.2 Å². The first-order valence-corrected chi connectivity index (χ1v) is 10.0. The number of benzene rings is 1. The molecule has 5 heteroatoms. The van der Waals surface area contributed by atoms with Crippen molar-refractivity contribution in [2.24, 2.45) is 11.3 Å². The number of carbonyl (C=O) groups excluding carboxylic acids is 1. The summed E-state index contributed by atoms with van der Waals surface area (Å²) >= 11 is 1.77. The minimum absolute atomic E-state index is 0.0475. The molecule has 4 nitrogen and oxygen atoms in total. The first kappa shape index (κ1) is 17.4. The molecule has 0 spiro atoms. The van der Waals surface area contributed by atoms with Gasteiger partial charge < -0.3 is 15.4 Å². The number of methoxy groups -OCH3 is 1. The molecule has 0 saturated carbocycles. The van der Waals surface area contributed by atoms with Gasteiger partial charge in [0, 0.05) is 4.88 Å². The molecule has 138 valence electrons. The average molecular weight is 371 g/mol. The van der Waals surface area contributed by atoms with Crippen LogP contribution in [0.15, 0.2) is 24.3 Å². The Kier molecular flexibility index (Phi) is 4.22. The molecule has 26 heavy (non-hydrogen) atoms. The summed E-state index contributed by atoms with van der Waals surface area (Å²) in [6.07, 6.45) is 3.05. The number of rotatable bonds is 2.